The van der Waals surface area contributed by atoms with E-state index in [1.54, 1.807) is 57.0 Å². The first-order chi connectivity index (χ1) is 13.9. The molecule has 0 heterocycles. The van der Waals surface area contributed by atoms with E-state index < -0.39 is 31.8 Å². The van der Waals surface area contributed by atoms with Gasteiger partial charge in [0, 0.05) is 42.3 Å². The molecule has 0 aliphatic carbocycles. The fourth-order valence-electron chi connectivity index (χ4n) is 2.51. The third kappa shape index (κ3) is 5.77. The molecule has 0 aromatic heterocycles. The monoisotopic (exact) mass is 420 g/mol. The number of nitrogens with zero attached hydrogens (tertiary/aromatic N) is 6. The summed E-state index contributed by atoms with van der Waals surface area (Å²) in [6.07, 6.45) is 7.83. The van der Waals surface area contributed by atoms with Crippen LogP contribution >= 0.6 is 0 Å². The van der Waals surface area contributed by atoms with E-state index in [-0.39, 0.29) is 16.7 Å². The zero-order valence-corrected chi connectivity index (χ0v) is 17.6. The molecule has 1 aromatic rings. The van der Waals surface area contributed by atoms with E-state index in [0.717, 1.165) is 0 Å². The van der Waals surface area contributed by atoms with Gasteiger partial charge in [-0.2, -0.15) is 0 Å². The molecule has 0 unspecified atom stereocenters. The maximum absolute atomic E-state index is 11.9. The molecule has 12 nitrogen and oxygen atoms in total. The molecule has 12 heteroatoms. The highest BCUT2D eigenvalue weighted by Crippen LogP contribution is 2.45. The molecule has 0 spiro atoms. The number of nitro benzene ring substituents is 3. The first-order valence-corrected chi connectivity index (χ1v) is 8.59. The first-order valence-electron chi connectivity index (χ1n) is 8.59. The molecule has 0 N–H and O–H groups in total. The van der Waals surface area contributed by atoms with E-state index in [1.807, 2.05) is 0 Å². The van der Waals surface area contributed by atoms with Gasteiger partial charge >= 0.3 is 0 Å². The fourth-order valence-corrected chi connectivity index (χ4v) is 2.51. The van der Waals surface area contributed by atoms with Crippen molar-refractivity contribution in [3.05, 3.63) is 65.6 Å². The van der Waals surface area contributed by atoms with Crippen molar-refractivity contribution < 1.29 is 14.8 Å². The second kappa shape index (κ2) is 10.0. The number of nitro groups is 3. The van der Waals surface area contributed by atoms with Gasteiger partial charge in [-0.3, -0.25) is 30.3 Å². The molecule has 162 valence electrons. The van der Waals surface area contributed by atoms with Gasteiger partial charge in [0.05, 0.1) is 14.8 Å². The molecular formula is C18H24N6O6. The van der Waals surface area contributed by atoms with Gasteiger partial charge in [-0.15, -0.1) is 0 Å². The average Bonchev–Trinajstić information content (AvgIpc) is 2.60. The van der Waals surface area contributed by atoms with Crippen molar-refractivity contribution in [1.82, 2.24) is 14.7 Å². The van der Waals surface area contributed by atoms with Crippen LogP contribution in [0.25, 0.3) is 18.2 Å². The van der Waals surface area contributed by atoms with Crippen molar-refractivity contribution in [3.8, 4) is 0 Å². The van der Waals surface area contributed by atoms with Crippen LogP contribution in [0, 0.1) is 30.3 Å². The molecule has 1 aromatic carbocycles. The Morgan fingerprint density at radius 1 is 0.533 bits per heavy atom. The first kappa shape index (κ1) is 24.1. The number of hydrogen-bond acceptors (Lipinski definition) is 9. The topological polar surface area (TPSA) is 139 Å². The van der Waals surface area contributed by atoms with Crippen molar-refractivity contribution in [2.45, 2.75) is 0 Å². The smallest absolute Gasteiger partial charge is 0.297 e. The molecule has 0 atom stereocenters. The number of benzene rings is 1. The molecule has 0 saturated heterocycles. The standard InChI is InChI=1S/C18H24N6O6/c1-19(2)10-7-13-16(22(25)26)14(8-11-20(3)4)18(24(29)30)15(9-12-21(5)6)17(13)23(27)28/h7-12H,1-6H3/b10-7+,11-8+,12-9+. The Balaban J connectivity index is 4.34. The van der Waals surface area contributed by atoms with Gasteiger partial charge in [-0.05, 0) is 36.8 Å². The third-order valence-corrected chi connectivity index (χ3v) is 3.70. The highest BCUT2D eigenvalue weighted by Gasteiger charge is 2.39. The van der Waals surface area contributed by atoms with Gasteiger partial charge in [-0.1, -0.05) is 0 Å². The van der Waals surface area contributed by atoms with Crippen LogP contribution in [-0.2, 0) is 0 Å². The Morgan fingerprint density at radius 3 is 0.867 bits per heavy atom. The predicted molar refractivity (Wildman–Crippen MR) is 115 cm³/mol. The Labute approximate surface area is 173 Å². The minimum atomic E-state index is -0.843. The van der Waals surface area contributed by atoms with E-state index in [4.69, 9.17) is 0 Å². The van der Waals surface area contributed by atoms with Gasteiger partial charge in [0.1, 0.15) is 16.7 Å². The van der Waals surface area contributed by atoms with Gasteiger partial charge in [-0.25, -0.2) is 0 Å². The third-order valence-electron chi connectivity index (χ3n) is 3.70. The van der Waals surface area contributed by atoms with Crippen LogP contribution in [0.3, 0.4) is 0 Å². The number of hydrogen-bond donors (Lipinski definition) is 0. The van der Waals surface area contributed by atoms with Crippen molar-refractivity contribution in [1.29, 1.82) is 0 Å². The van der Waals surface area contributed by atoms with Crippen LogP contribution in [0.2, 0.25) is 0 Å². The van der Waals surface area contributed by atoms with E-state index >= 15 is 0 Å². The fraction of sp³-hybridized carbons (Fsp3) is 0.333. The largest absolute Gasteiger partial charge is 0.383 e. The maximum Gasteiger partial charge on any atom is 0.297 e. The second-order valence-electron chi connectivity index (χ2n) is 6.90. The minimum absolute atomic E-state index is 0.332. The van der Waals surface area contributed by atoms with Gasteiger partial charge < -0.3 is 14.7 Å². The summed E-state index contributed by atoms with van der Waals surface area (Å²) in [6, 6.07) is 0. The molecule has 0 radical (unpaired) electrons. The molecule has 0 aliphatic heterocycles. The predicted octanol–water partition coefficient (Wildman–Crippen LogP) is 3.01. The summed E-state index contributed by atoms with van der Waals surface area (Å²) in [5, 5.41) is 35.7. The quantitative estimate of drug-likeness (QED) is 0.435. The molecule has 0 fully saturated rings. The molecule has 1 rings (SSSR count). The van der Waals surface area contributed by atoms with E-state index in [2.05, 4.69) is 0 Å². The van der Waals surface area contributed by atoms with E-state index in [9.17, 15) is 30.3 Å². The zero-order valence-electron chi connectivity index (χ0n) is 17.6. The average molecular weight is 420 g/mol. The van der Waals surface area contributed by atoms with Crippen LogP contribution in [-0.4, -0.2) is 71.8 Å². The summed E-state index contributed by atoms with van der Waals surface area (Å²) in [5.41, 5.74) is -3.15. The summed E-state index contributed by atoms with van der Waals surface area (Å²) in [5.74, 6) is 0. The van der Waals surface area contributed by atoms with Gasteiger partial charge in [0.15, 0.2) is 0 Å². The van der Waals surface area contributed by atoms with Crippen LogP contribution < -0.4 is 0 Å². The summed E-state index contributed by atoms with van der Waals surface area (Å²) < 4.78 is 0. The van der Waals surface area contributed by atoms with Crippen molar-refractivity contribution in [3.63, 3.8) is 0 Å². The zero-order chi connectivity index (χ0) is 23.2. The molecule has 0 aliphatic rings. The lowest BCUT2D eigenvalue weighted by atomic mass is 9.96. The lowest BCUT2D eigenvalue weighted by molar-refractivity contribution is -0.403. The summed E-state index contributed by atoms with van der Waals surface area (Å²) in [6.45, 7) is 0. The Bertz CT molecular complexity index is 794. The second-order valence-corrected chi connectivity index (χ2v) is 6.90. The minimum Gasteiger partial charge on any atom is -0.383 e. The van der Waals surface area contributed by atoms with Crippen molar-refractivity contribution >= 4 is 35.3 Å². The normalized spacial score (nSPS) is 11.4. The number of rotatable bonds is 9. The molecule has 0 bridgehead atoms. The lowest BCUT2D eigenvalue weighted by Gasteiger charge is -2.11. The van der Waals surface area contributed by atoms with Crippen molar-refractivity contribution in [2.24, 2.45) is 0 Å². The van der Waals surface area contributed by atoms with Crippen molar-refractivity contribution in [2.75, 3.05) is 42.3 Å². The summed E-state index contributed by atoms with van der Waals surface area (Å²) in [7, 11) is 9.83. The Morgan fingerprint density at radius 2 is 0.733 bits per heavy atom. The lowest BCUT2D eigenvalue weighted by Crippen LogP contribution is -2.09. The van der Waals surface area contributed by atoms with Gasteiger partial charge in [0.25, 0.3) is 17.1 Å². The maximum atomic E-state index is 11.9. The Kier molecular flexibility index (Phi) is 8.03. The van der Waals surface area contributed by atoms with E-state index in [0.29, 0.717) is 0 Å². The molecule has 30 heavy (non-hydrogen) atoms. The molecule has 0 saturated carbocycles. The highest BCUT2D eigenvalue weighted by atomic mass is 16.6. The van der Waals surface area contributed by atoms with Crippen LogP contribution in [0.1, 0.15) is 16.7 Å². The highest BCUT2D eigenvalue weighted by molar-refractivity contribution is 5.90. The van der Waals surface area contributed by atoms with E-state index in [1.165, 1.54) is 36.8 Å². The molecule has 0 amide bonds. The summed E-state index contributed by atoms with van der Waals surface area (Å²) >= 11 is 0. The van der Waals surface area contributed by atoms with Crippen LogP contribution in [0.5, 0.6) is 0 Å². The Hall–Kier alpha value is -3.96. The van der Waals surface area contributed by atoms with Crippen LogP contribution in [0.15, 0.2) is 18.6 Å². The summed E-state index contributed by atoms with van der Waals surface area (Å²) in [4.78, 5) is 37.8. The van der Waals surface area contributed by atoms with Gasteiger partial charge in [0.2, 0.25) is 0 Å². The molecular weight excluding hydrogens is 396 g/mol. The van der Waals surface area contributed by atoms with Crippen LogP contribution in [0.4, 0.5) is 17.1 Å². The SMILES string of the molecule is CN(C)/C=C/c1c([N+](=O)[O-])c(/C=C/N(C)C)c([N+](=O)[O-])c(/C=C/N(C)C)c1[N+](=O)[O-].